The van der Waals surface area contributed by atoms with Crippen LogP contribution in [0.5, 0.6) is 0 Å². The highest BCUT2D eigenvalue weighted by molar-refractivity contribution is 5.15. The van der Waals surface area contributed by atoms with Gasteiger partial charge in [0.1, 0.15) is 17.5 Å². The first-order chi connectivity index (χ1) is 5.88. The lowest BCUT2D eigenvalue weighted by molar-refractivity contribution is 0.486. The Kier molecular flexibility index (Phi) is 1.64. The maximum Gasteiger partial charge on any atom is 0.126 e. The molecule has 2 heterocycles. The molecule has 0 radical (unpaired) electrons. The monoisotopic (exact) mass is 164 g/mol. The van der Waals surface area contributed by atoms with Crippen molar-refractivity contribution in [2.45, 2.75) is 6.04 Å². The molecule has 0 saturated heterocycles. The number of nitrogens with two attached hydrogens (primary N) is 1. The molecule has 0 saturated carbocycles. The zero-order valence-corrected chi connectivity index (χ0v) is 6.27. The Balaban J connectivity index is 2.27. The number of aromatic amines is 1. The molecule has 2 aromatic heterocycles. The molecule has 62 valence electrons. The maximum absolute atomic E-state index is 5.79. The predicted octanol–water partition coefficient (Wildman–Crippen LogP) is 0.446. The standard InChI is InChI=1S/C7H8N4O/c8-7(5-4-9-11-10-5)6-2-1-3-12-6/h1-4,7H,8H2,(H,9,10,11). The Labute approximate surface area is 68.6 Å². The smallest absolute Gasteiger partial charge is 0.126 e. The van der Waals surface area contributed by atoms with Gasteiger partial charge in [0, 0.05) is 0 Å². The number of aromatic nitrogens is 3. The van der Waals surface area contributed by atoms with E-state index in [1.807, 2.05) is 0 Å². The van der Waals surface area contributed by atoms with Gasteiger partial charge in [-0.3, -0.25) is 0 Å². The molecule has 2 rings (SSSR count). The molecule has 3 N–H and O–H groups in total. The summed E-state index contributed by atoms with van der Waals surface area (Å²) >= 11 is 0. The molecule has 0 amide bonds. The third-order valence-corrected chi connectivity index (χ3v) is 1.60. The molecule has 0 spiro atoms. The minimum atomic E-state index is -0.334. The summed E-state index contributed by atoms with van der Waals surface area (Å²) in [5.74, 6) is 0.684. The topological polar surface area (TPSA) is 80.7 Å². The van der Waals surface area contributed by atoms with Crippen LogP contribution in [0.1, 0.15) is 17.5 Å². The largest absolute Gasteiger partial charge is 0.467 e. The van der Waals surface area contributed by atoms with Gasteiger partial charge in [-0.1, -0.05) is 0 Å². The van der Waals surface area contributed by atoms with Crippen LogP contribution >= 0.6 is 0 Å². The summed E-state index contributed by atoms with van der Waals surface area (Å²) < 4.78 is 5.11. The number of nitrogens with zero attached hydrogens (tertiary/aromatic N) is 2. The van der Waals surface area contributed by atoms with Crippen molar-refractivity contribution < 1.29 is 4.42 Å². The Morgan fingerprint density at radius 2 is 2.50 bits per heavy atom. The van der Waals surface area contributed by atoms with Crippen LogP contribution in [0.2, 0.25) is 0 Å². The molecule has 0 aliphatic rings. The molecule has 5 heteroatoms. The van der Waals surface area contributed by atoms with Crippen LogP contribution in [-0.2, 0) is 0 Å². The van der Waals surface area contributed by atoms with E-state index in [4.69, 9.17) is 10.2 Å². The molecule has 0 bridgehead atoms. The van der Waals surface area contributed by atoms with Crippen LogP contribution in [0, 0.1) is 0 Å². The second-order valence-corrected chi connectivity index (χ2v) is 2.39. The highest BCUT2D eigenvalue weighted by Gasteiger charge is 2.13. The van der Waals surface area contributed by atoms with Gasteiger partial charge in [0.25, 0.3) is 0 Å². The molecule has 0 aromatic carbocycles. The number of furan rings is 1. The van der Waals surface area contributed by atoms with Crippen molar-refractivity contribution in [1.82, 2.24) is 15.4 Å². The second-order valence-electron chi connectivity index (χ2n) is 2.39. The zero-order chi connectivity index (χ0) is 8.39. The summed E-state index contributed by atoms with van der Waals surface area (Å²) in [5, 5.41) is 10.00. The van der Waals surface area contributed by atoms with Gasteiger partial charge in [-0.25, -0.2) is 0 Å². The van der Waals surface area contributed by atoms with Crippen LogP contribution in [0.25, 0.3) is 0 Å². The lowest BCUT2D eigenvalue weighted by Crippen LogP contribution is -2.11. The van der Waals surface area contributed by atoms with Crippen LogP contribution in [0.15, 0.2) is 29.0 Å². The molecule has 5 nitrogen and oxygen atoms in total. The molecular formula is C7H8N4O. The van der Waals surface area contributed by atoms with E-state index >= 15 is 0 Å². The normalized spacial score (nSPS) is 13.1. The average Bonchev–Trinajstić information content (AvgIpc) is 2.77. The zero-order valence-electron chi connectivity index (χ0n) is 6.27. The summed E-state index contributed by atoms with van der Waals surface area (Å²) in [6.07, 6.45) is 3.16. The fourth-order valence-electron chi connectivity index (χ4n) is 0.974. The van der Waals surface area contributed by atoms with Gasteiger partial charge in [-0.2, -0.15) is 15.4 Å². The first kappa shape index (κ1) is 7.05. The number of H-pyrrole nitrogens is 1. The summed E-state index contributed by atoms with van der Waals surface area (Å²) in [6, 6.07) is 3.26. The average molecular weight is 164 g/mol. The summed E-state index contributed by atoms with van der Waals surface area (Å²) in [4.78, 5) is 0. The van der Waals surface area contributed by atoms with E-state index in [9.17, 15) is 0 Å². The summed E-state index contributed by atoms with van der Waals surface area (Å²) in [5.41, 5.74) is 6.46. The van der Waals surface area contributed by atoms with E-state index < -0.39 is 0 Å². The van der Waals surface area contributed by atoms with Crippen molar-refractivity contribution >= 4 is 0 Å². The quantitative estimate of drug-likeness (QED) is 0.675. The van der Waals surface area contributed by atoms with Gasteiger partial charge in [-0.15, -0.1) is 0 Å². The molecule has 0 aliphatic heterocycles. The highest BCUT2D eigenvalue weighted by Crippen LogP contribution is 2.16. The number of hydrogen-bond donors (Lipinski definition) is 2. The minimum Gasteiger partial charge on any atom is -0.467 e. The van der Waals surface area contributed by atoms with Crippen molar-refractivity contribution in [3.8, 4) is 0 Å². The van der Waals surface area contributed by atoms with Crippen molar-refractivity contribution in [2.24, 2.45) is 5.73 Å². The summed E-state index contributed by atoms with van der Waals surface area (Å²) in [6.45, 7) is 0. The molecule has 1 unspecified atom stereocenters. The van der Waals surface area contributed by atoms with E-state index in [0.29, 0.717) is 11.5 Å². The van der Waals surface area contributed by atoms with Gasteiger partial charge >= 0.3 is 0 Å². The fraction of sp³-hybridized carbons (Fsp3) is 0.143. The summed E-state index contributed by atoms with van der Waals surface area (Å²) in [7, 11) is 0. The van der Waals surface area contributed by atoms with E-state index in [0.717, 1.165) is 0 Å². The SMILES string of the molecule is NC(c1cn[nH]n1)c1ccco1. The lowest BCUT2D eigenvalue weighted by Gasteiger charge is -2.02. The van der Waals surface area contributed by atoms with Crippen molar-refractivity contribution in [3.05, 3.63) is 36.0 Å². The maximum atomic E-state index is 5.79. The third-order valence-electron chi connectivity index (χ3n) is 1.60. The van der Waals surface area contributed by atoms with Gasteiger partial charge in [-0.05, 0) is 12.1 Å². The van der Waals surface area contributed by atoms with Gasteiger partial charge < -0.3 is 10.2 Å². The van der Waals surface area contributed by atoms with Crippen LogP contribution in [0.4, 0.5) is 0 Å². The number of rotatable bonds is 2. The van der Waals surface area contributed by atoms with E-state index in [-0.39, 0.29) is 6.04 Å². The fourth-order valence-corrected chi connectivity index (χ4v) is 0.974. The van der Waals surface area contributed by atoms with E-state index in [1.165, 1.54) is 0 Å². The highest BCUT2D eigenvalue weighted by atomic mass is 16.3. The van der Waals surface area contributed by atoms with Gasteiger partial charge in [0.05, 0.1) is 12.5 Å². The molecular weight excluding hydrogens is 156 g/mol. The second kappa shape index (κ2) is 2.78. The Hall–Kier alpha value is -1.62. The molecule has 0 aliphatic carbocycles. The first-order valence-electron chi connectivity index (χ1n) is 3.52. The Bertz CT molecular complexity index is 292. The van der Waals surface area contributed by atoms with E-state index in [1.54, 1.807) is 24.6 Å². The predicted molar refractivity (Wildman–Crippen MR) is 41.1 cm³/mol. The Morgan fingerprint density at radius 1 is 1.58 bits per heavy atom. The number of nitrogens with one attached hydrogen (secondary N) is 1. The minimum absolute atomic E-state index is 0.334. The van der Waals surface area contributed by atoms with E-state index in [2.05, 4.69) is 15.4 Å². The molecule has 2 aromatic rings. The number of hydrogen-bond acceptors (Lipinski definition) is 4. The first-order valence-corrected chi connectivity index (χ1v) is 3.52. The Morgan fingerprint density at radius 3 is 3.08 bits per heavy atom. The molecule has 12 heavy (non-hydrogen) atoms. The van der Waals surface area contributed by atoms with Crippen molar-refractivity contribution in [2.75, 3.05) is 0 Å². The van der Waals surface area contributed by atoms with Crippen molar-refractivity contribution in [3.63, 3.8) is 0 Å². The van der Waals surface area contributed by atoms with Crippen molar-refractivity contribution in [1.29, 1.82) is 0 Å². The third kappa shape index (κ3) is 1.10. The van der Waals surface area contributed by atoms with Gasteiger partial charge in [0.2, 0.25) is 0 Å². The molecule has 1 atom stereocenters. The van der Waals surface area contributed by atoms with Crippen LogP contribution in [-0.4, -0.2) is 15.4 Å². The molecule has 0 fully saturated rings. The van der Waals surface area contributed by atoms with Crippen LogP contribution < -0.4 is 5.73 Å². The lowest BCUT2D eigenvalue weighted by atomic mass is 10.2. The van der Waals surface area contributed by atoms with Gasteiger partial charge in [0.15, 0.2) is 0 Å². The van der Waals surface area contributed by atoms with Crippen LogP contribution in [0.3, 0.4) is 0 Å².